The Balaban J connectivity index is 1.75. The van der Waals surface area contributed by atoms with Crippen molar-refractivity contribution >= 4 is 17.6 Å². The van der Waals surface area contributed by atoms with Crippen molar-refractivity contribution in [1.82, 2.24) is 0 Å². The first-order valence-electron chi connectivity index (χ1n) is 8.33. The summed E-state index contributed by atoms with van der Waals surface area (Å²) in [5.41, 5.74) is 0.521. The quantitative estimate of drug-likeness (QED) is 0.717. The topological polar surface area (TPSA) is 69.1 Å². The summed E-state index contributed by atoms with van der Waals surface area (Å²) in [5, 5.41) is 2.73. The van der Waals surface area contributed by atoms with Gasteiger partial charge in [-0.15, -0.1) is 0 Å². The van der Waals surface area contributed by atoms with Gasteiger partial charge in [-0.2, -0.15) is 8.78 Å². The number of alkyl halides is 2. The molecule has 1 heterocycles. The van der Waals surface area contributed by atoms with E-state index in [1.807, 2.05) is 0 Å². The molecule has 6 nitrogen and oxygen atoms in total. The van der Waals surface area contributed by atoms with Gasteiger partial charge in [0.1, 0.15) is 5.75 Å². The van der Waals surface area contributed by atoms with Gasteiger partial charge in [0.2, 0.25) is 0 Å². The van der Waals surface area contributed by atoms with E-state index in [0.717, 1.165) is 18.0 Å². The Kier molecular flexibility index (Phi) is 7.12. The predicted octanol–water partition coefficient (Wildman–Crippen LogP) is 1.08. The van der Waals surface area contributed by atoms with Gasteiger partial charge < -0.3 is 19.7 Å². The monoisotopic (exact) mass is 357 g/mol. The molecule has 1 amide bonds. The van der Waals surface area contributed by atoms with E-state index in [4.69, 9.17) is 4.74 Å². The van der Waals surface area contributed by atoms with E-state index in [2.05, 4.69) is 10.1 Å². The van der Waals surface area contributed by atoms with Crippen LogP contribution in [0, 0.1) is 5.92 Å². The molecule has 1 aliphatic rings. The van der Waals surface area contributed by atoms with Crippen LogP contribution in [-0.4, -0.2) is 44.7 Å². The van der Waals surface area contributed by atoms with Gasteiger partial charge in [0.15, 0.2) is 6.54 Å². The Hall–Kier alpha value is -2.22. The van der Waals surface area contributed by atoms with Gasteiger partial charge >= 0.3 is 12.6 Å². The van der Waals surface area contributed by atoms with Crippen LogP contribution in [0.4, 0.5) is 14.5 Å². The lowest BCUT2D eigenvalue weighted by Crippen LogP contribution is -3.14. The standard InChI is InChI=1S/C17H22F2N2O4/c1-2-24-16(23)12-7-9-21(10-8-12)11-15(22)20-13-3-5-14(6-4-13)25-17(18)19/h3-6,12,17H,2,7-11H2,1H3,(H,20,22)/p+1. The molecule has 8 heteroatoms. The average molecular weight is 357 g/mol. The lowest BCUT2D eigenvalue weighted by molar-refractivity contribution is -0.897. The van der Waals surface area contributed by atoms with Gasteiger partial charge in [-0.3, -0.25) is 9.59 Å². The minimum Gasteiger partial charge on any atom is -0.466 e. The Labute approximate surface area is 145 Å². The molecule has 0 unspecified atom stereocenters. The first-order chi connectivity index (χ1) is 12.0. The van der Waals surface area contributed by atoms with Gasteiger partial charge in [0, 0.05) is 18.5 Å². The molecule has 2 rings (SSSR count). The highest BCUT2D eigenvalue weighted by Gasteiger charge is 2.29. The number of hydrogen-bond acceptors (Lipinski definition) is 4. The molecule has 0 aromatic heterocycles. The highest BCUT2D eigenvalue weighted by Crippen LogP contribution is 2.17. The van der Waals surface area contributed by atoms with Crippen LogP contribution < -0.4 is 15.0 Å². The molecular weight excluding hydrogens is 334 g/mol. The van der Waals surface area contributed by atoms with Gasteiger partial charge in [-0.1, -0.05) is 0 Å². The molecule has 1 saturated heterocycles. The molecule has 1 fully saturated rings. The fraction of sp³-hybridized carbons (Fsp3) is 0.529. The number of esters is 1. The maximum atomic E-state index is 12.1. The molecule has 0 bridgehead atoms. The molecule has 0 aliphatic carbocycles. The van der Waals surface area contributed by atoms with Crippen molar-refractivity contribution in [3.8, 4) is 5.75 Å². The van der Waals surface area contributed by atoms with E-state index in [-0.39, 0.29) is 23.5 Å². The average Bonchev–Trinajstić information content (AvgIpc) is 2.57. The largest absolute Gasteiger partial charge is 0.466 e. The molecule has 0 radical (unpaired) electrons. The highest BCUT2D eigenvalue weighted by atomic mass is 19.3. The SMILES string of the molecule is CCOC(=O)C1CC[NH+](CC(=O)Nc2ccc(OC(F)F)cc2)CC1. The summed E-state index contributed by atoms with van der Waals surface area (Å²) in [7, 11) is 0. The Morgan fingerprint density at radius 2 is 1.88 bits per heavy atom. The van der Waals surface area contributed by atoms with E-state index in [1.165, 1.54) is 24.3 Å². The van der Waals surface area contributed by atoms with Crippen molar-refractivity contribution in [1.29, 1.82) is 0 Å². The third kappa shape index (κ3) is 6.30. The van der Waals surface area contributed by atoms with Crippen LogP contribution in [0.3, 0.4) is 0 Å². The molecule has 2 N–H and O–H groups in total. The number of hydrogen-bond donors (Lipinski definition) is 2. The molecule has 0 spiro atoms. The lowest BCUT2D eigenvalue weighted by atomic mass is 9.97. The van der Waals surface area contributed by atoms with Crippen LogP contribution in [0.25, 0.3) is 0 Å². The summed E-state index contributed by atoms with van der Waals surface area (Å²) in [6, 6.07) is 5.77. The summed E-state index contributed by atoms with van der Waals surface area (Å²) in [4.78, 5) is 24.9. The number of quaternary nitrogens is 1. The number of amides is 1. The summed E-state index contributed by atoms with van der Waals surface area (Å²) < 4.78 is 33.5. The Bertz CT molecular complexity index is 573. The second-order valence-electron chi connectivity index (χ2n) is 5.90. The molecule has 138 valence electrons. The summed E-state index contributed by atoms with van der Waals surface area (Å²) in [5.74, 6) is -0.349. The second kappa shape index (κ2) is 9.31. The zero-order valence-corrected chi connectivity index (χ0v) is 14.1. The third-order valence-corrected chi connectivity index (χ3v) is 4.09. The van der Waals surface area contributed by atoms with Crippen LogP contribution >= 0.6 is 0 Å². The van der Waals surface area contributed by atoms with Gasteiger partial charge in [0.05, 0.1) is 25.6 Å². The van der Waals surface area contributed by atoms with Crippen molar-refractivity contribution in [3.63, 3.8) is 0 Å². The number of carbonyl (C=O) groups excluding carboxylic acids is 2. The first-order valence-corrected chi connectivity index (χ1v) is 8.33. The van der Waals surface area contributed by atoms with E-state index < -0.39 is 6.61 Å². The maximum absolute atomic E-state index is 12.1. The second-order valence-corrected chi connectivity index (χ2v) is 5.90. The number of likely N-dealkylation sites (tertiary alicyclic amines) is 1. The number of anilines is 1. The zero-order valence-electron chi connectivity index (χ0n) is 14.1. The number of benzene rings is 1. The summed E-state index contributed by atoms with van der Waals surface area (Å²) in [6.07, 6.45) is 1.42. The molecular formula is C17H23F2N2O4+. The van der Waals surface area contributed by atoms with Crippen molar-refractivity contribution in [3.05, 3.63) is 24.3 Å². The normalized spacial score (nSPS) is 20.2. The molecule has 0 atom stereocenters. The van der Waals surface area contributed by atoms with Crippen molar-refractivity contribution in [2.24, 2.45) is 5.92 Å². The molecule has 0 saturated carbocycles. The highest BCUT2D eigenvalue weighted by molar-refractivity contribution is 5.91. The minimum absolute atomic E-state index is 0.0414. The van der Waals surface area contributed by atoms with Crippen LogP contribution in [0.1, 0.15) is 19.8 Å². The number of halogens is 2. The number of carbonyl (C=O) groups is 2. The lowest BCUT2D eigenvalue weighted by Gasteiger charge is -2.27. The van der Waals surface area contributed by atoms with E-state index in [0.29, 0.717) is 31.7 Å². The Morgan fingerprint density at radius 1 is 1.24 bits per heavy atom. The van der Waals surface area contributed by atoms with Crippen LogP contribution in [0.2, 0.25) is 0 Å². The minimum atomic E-state index is -2.87. The molecule has 1 aromatic carbocycles. The number of piperidine rings is 1. The van der Waals surface area contributed by atoms with Gasteiger partial charge in [0.25, 0.3) is 5.91 Å². The van der Waals surface area contributed by atoms with Crippen LogP contribution in [0.15, 0.2) is 24.3 Å². The van der Waals surface area contributed by atoms with Gasteiger partial charge in [-0.25, -0.2) is 0 Å². The molecule has 1 aromatic rings. The zero-order chi connectivity index (χ0) is 18.2. The van der Waals surface area contributed by atoms with Crippen LogP contribution in [-0.2, 0) is 14.3 Å². The fourth-order valence-corrected chi connectivity index (χ4v) is 2.85. The smallest absolute Gasteiger partial charge is 0.387 e. The number of ether oxygens (including phenoxy) is 2. The van der Waals surface area contributed by atoms with E-state index in [9.17, 15) is 18.4 Å². The molecule has 25 heavy (non-hydrogen) atoms. The first kappa shape index (κ1) is 19.1. The number of nitrogens with one attached hydrogen (secondary N) is 2. The number of rotatable bonds is 7. The van der Waals surface area contributed by atoms with E-state index in [1.54, 1.807) is 6.92 Å². The third-order valence-electron chi connectivity index (χ3n) is 4.09. The summed E-state index contributed by atoms with van der Waals surface area (Å²) >= 11 is 0. The van der Waals surface area contributed by atoms with Crippen molar-refractivity contribution < 1.29 is 32.7 Å². The van der Waals surface area contributed by atoms with Gasteiger partial charge in [-0.05, 0) is 31.2 Å². The summed E-state index contributed by atoms with van der Waals surface area (Å²) in [6.45, 7) is 1.06. The maximum Gasteiger partial charge on any atom is 0.387 e. The van der Waals surface area contributed by atoms with Crippen LogP contribution in [0.5, 0.6) is 5.75 Å². The van der Waals surface area contributed by atoms with Crippen molar-refractivity contribution in [2.75, 3.05) is 31.6 Å². The Morgan fingerprint density at radius 3 is 2.44 bits per heavy atom. The predicted molar refractivity (Wildman–Crippen MR) is 86.6 cm³/mol. The van der Waals surface area contributed by atoms with E-state index >= 15 is 0 Å². The van der Waals surface area contributed by atoms with Crippen molar-refractivity contribution in [2.45, 2.75) is 26.4 Å². The fourth-order valence-electron chi connectivity index (χ4n) is 2.85. The molecule has 1 aliphatic heterocycles.